The van der Waals surface area contributed by atoms with E-state index in [0.717, 1.165) is 28.9 Å². The van der Waals surface area contributed by atoms with Crippen LogP contribution in [0, 0.1) is 6.92 Å². The van der Waals surface area contributed by atoms with Crippen LogP contribution in [0.25, 0.3) is 10.2 Å². The van der Waals surface area contributed by atoms with Gasteiger partial charge in [0.1, 0.15) is 0 Å². The lowest BCUT2D eigenvalue weighted by atomic mass is 10.2. The van der Waals surface area contributed by atoms with Gasteiger partial charge in [0.15, 0.2) is 15.0 Å². The van der Waals surface area contributed by atoms with Gasteiger partial charge in [-0.3, -0.25) is 9.69 Å². The number of sulfone groups is 1. The van der Waals surface area contributed by atoms with Crippen molar-refractivity contribution >= 4 is 42.4 Å². The first-order valence-corrected chi connectivity index (χ1v) is 13.0. The quantitative estimate of drug-likeness (QED) is 0.475. The minimum absolute atomic E-state index is 0.00641. The molecule has 0 aliphatic carbocycles. The number of carbonyl (C=O) groups excluding carboxylic acids is 1. The highest BCUT2D eigenvalue weighted by atomic mass is 32.2. The molecule has 0 atom stereocenters. The number of aromatic nitrogens is 1. The van der Waals surface area contributed by atoms with Crippen molar-refractivity contribution in [2.24, 2.45) is 0 Å². The summed E-state index contributed by atoms with van der Waals surface area (Å²) in [5, 5.41) is 0.626. The number of hydrogen-bond acceptors (Lipinski definition) is 6. The average molecular weight is 460 g/mol. The Hall–Kier alpha value is -2.29. The molecule has 3 aromatic rings. The van der Waals surface area contributed by atoms with E-state index in [1.165, 1.54) is 23.5 Å². The molecule has 0 bridgehead atoms. The Bertz CT molecular complexity index is 1170. The Balaban J connectivity index is 2.00. The Morgan fingerprint density at radius 1 is 1.03 bits per heavy atom. The van der Waals surface area contributed by atoms with Gasteiger partial charge in [0.05, 0.1) is 20.9 Å². The fourth-order valence-corrected chi connectivity index (χ4v) is 5.36. The summed E-state index contributed by atoms with van der Waals surface area (Å²) in [6, 6.07) is 12.3. The van der Waals surface area contributed by atoms with Crippen LogP contribution < -0.4 is 4.90 Å². The van der Waals surface area contributed by atoms with Crippen molar-refractivity contribution in [2.45, 2.75) is 32.6 Å². The van der Waals surface area contributed by atoms with Crippen LogP contribution in [0.4, 0.5) is 5.13 Å². The molecule has 31 heavy (non-hydrogen) atoms. The van der Waals surface area contributed by atoms with Crippen molar-refractivity contribution in [3.63, 3.8) is 0 Å². The molecule has 0 radical (unpaired) electrons. The van der Waals surface area contributed by atoms with Gasteiger partial charge in [-0.05, 0) is 55.9 Å². The van der Waals surface area contributed by atoms with Crippen molar-refractivity contribution in [1.29, 1.82) is 0 Å². The molecule has 0 saturated heterocycles. The number of nitrogens with zero attached hydrogens (tertiary/aromatic N) is 3. The molecule has 1 heterocycles. The summed E-state index contributed by atoms with van der Waals surface area (Å²) >= 11 is 1.48. The van der Waals surface area contributed by atoms with Crippen molar-refractivity contribution in [3.05, 3.63) is 53.6 Å². The number of rotatable bonds is 9. The van der Waals surface area contributed by atoms with E-state index in [1.54, 1.807) is 24.0 Å². The summed E-state index contributed by atoms with van der Waals surface area (Å²) < 4.78 is 25.7. The maximum atomic E-state index is 13.5. The molecular formula is C23H29N3O3S2. The zero-order chi connectivity index (χ0) is 22.6. The highest BCUT2D eigenvalue weighted by Gasteiger charge is 2.23. The largest absolute Gasteiger partial charge is 0.302 e. The molecule has 0 unspecified atom stereocenters. The molecule has 2 aromatic carbocycles. The van der Waals surface area contributed by atoms with Gasteiger partial charge in [-0.1, -0.05) is 44.2 Å². The van der Waals surface area contributed by atoms with E-state index in [1.807, 2.05) is 19.1 Å². The van der Waals surface area contributed by atoms with Crippen LogP contribution in [0.3, 0.4) is 0 Å². The molecule has 1 amide bonds. The normalized spacial score (nSPS) is 11.9. The van der Waals surface area contributed by atoms with E-state index in [-0.39, 0.29) is 16.6 Å². The zero-order valence-corrected chi connectivity index (χ0v) is 20.1. The number of anilines is 1. The fraction of sp³-hybridized carbons (Fsp3) is 0.391. The number of thiazole rings is 1. The maximum Gasteiger partial charge on any atom is 0.260 e. The highest BCUT2D eigenvalue weighted by Crippen LogP contribution is 2.30. The van der Waals surface area contributed by atoms with Gasteiger partial charge in [-0.2, -0.15) is 0 Å². The molecule has 6 nitrogen and oxygen atoms in total. The third kappa shape index (κ3) is 5.31. The summed E-state index contributed by atoms with van der Waals surface area (Å²) in [5.74, 6) is -0.246. The fourth-order valence-electron chi connectivity index (χ4n) is 3.35. The van der Waals surface area contributed by atoms with E-state index in [9.17, 15) is 13.2 Å². The number of benzene rings is 2. The maximum absolute atomic E-state index is 13.5. The number of fused-ring (bicyclic) bond motifs is 1. The third-order valence-electron chi connectivity index (χ3n) is 5.36. The molecule has 3 rings (SSSR count). The molecule has 0 aliphatic heterocycles. The van der Waals surface area contributed by atoms with Gasteiger partial charge < -0.3 is 4.90 Å². The van der Waals surface area contributed by atoms with Crippen LogP contribution in [-0.4, -0.2) is 56.1 Å². The van der Waals surface area contributed by atoms with E-state index in [4.69, 9.17) is 4.98 Å². The zero-order valence-electron chi connectivity index (χ0n) is 18.5. The number of aryl methyl sites for hydroxylation is 1. The van der Waals surface area contributed by atoms with Crippen LogP contribution in [0.5, 0.6) is 0 Å². The second kappa shape index (κ2) is 9.89. The Morgan fingerprint density at radius 2 is 1.77 bits per heavy atom. The monoisotopic (exact) mass is 459 g/mol. The van der Waals surface area contributed by atoms with E-state index >= 15 is 0 Å². The van der Waals surface area contributed by atoms with Gasteiger partial charge >= 0.3 is 0 Å². The minimum atomic E-state index is -3.40. The van der Waals surface area contributed by atoms with E-state index in [2.05, 4.69) is 24.8 Å². The lowest BCUT2D eigenvalue weighted by molar-refractivity contribution is 0.0983. The van der Waals surface area contributed by atoms with Crippen LogP contribution in [0.2, 0.25) is 0 Å². The van der Waals surface area contributed by atoms with E-state index < -0.39 is 9.84 Å². The summed E-state index contributed by atoms with van der Waals surface area (Å²) in [5.41, 5.74) is 2.35. The second-order valence-corrected chi connectivity index (χ2v) is 10.7. The van der Waals surface area contributed by atoms with Gasteiger partial charge in [-0.15, -0.1) is 0 Å². The highest BCUT2D eigenvalue weighted by molar-refractivity contribution is 7.91. The van der Waals surface area contributed by atoms with E-state index in [0.29, 0.717) is 23.8 Å². The SMILES string of the molecule is CCN(CC)CCN(C(=O)c1cccc(S(=O)(=O)CC)c1)c1nc2ccc(C)cc2s1. The molecule has 1 aromatic heterocycles. The Kier molecular flexibility index (Phi) is 7.46. The summed E-state index contributed by atoms with van der Waals surface area (Å²) in [7, 11) is -3.40. The molecule has 0 aliphatic rings. The van der Waals surface area contributed by atoms with Gasteiger partial charge in [-0.25, -0.2) is 13.4 Å². The van der Waals surface area contributed by atoms with Gasteiger partial charge in [0, 0.05) is 18.7 Å². The standard InChI is InChI=1S/C23H29N3O3S2/c1-5-25(6-2)13-14-26(23-24-20-12-11-17(4)15-21(20)30-23)22(27)18-9-8-10-19(16-18)31(28,29)7-3/h8-12,15-16H,5-7,13-14H2,1-4H3. The van der Waals surface area contributed by atoms with Crippen molar-refractivity contribution in [3.8, 4) is 0 Å². The first kappa shape index (κ1) is 23.4. The third-order valence-corrected chi connectivity index (χ3v) is 8.14. The molecule has 0 saturated carbocycles. The van der Waals surface area contributed by atoms with Gasteiger partial charge in [0.25, 0.3) is 5.91 Å². The molecule has 166 valence electrons. The number of likely N-dealkylation sites (N-methyl/N-ethyl adjacent to an activating group) is 1. The second-order valence-electron chi connectivity index (χ2n) is 7.38. The van der Waals surface area contributed by atoms with Crippen LogP contribution >= 0.6 is 11.3 Å². The predicted molar refractivity (Wildman–Crippen MR) is 128 cm³/mol. The van der Waals surface area contributed by atoms with Crippen molar-refractivity contribution < 1.29 is 13.2 Å². The summed E-state index contributed by atoms with van der Waals surface area (Å²) in [6.45, 7) is 10.8. The number of amides is 1. The van der Waals surface area contributed by atoms with Crippen molar-refractivity contribution in [1.82, 2.24) is 9.88 Å². The van der Waals surface area contributed by atoms with Gasteiger partial charge in [0.2, 0.25) is 0 Å². The molecule has 0 N–H and O–H groups in total. The van der Waals surface area contributed by atoms with Crippen molar-refractivity contribution in [2.75, 3.05) is 36.8 Å². The molecule has 0 fully saturated rings. The van der Waals surface area contributed by atoms with Crippen LogP contribution in [-0.2, 0) is 9.84 Å². The topological polar surface area (TPSA) is 70.6 Å². The first-order chi connectivity index (χ1) is 14.8. The molecule has 8 heteroatoms. The number of carbonyl (C=O) groups is 1. The Morgan fingerprint density at radius 3 is 2.45 bits per heavy atom. The predicted octanol–water partition coefficient (Wildman–Crippen LogP) is 4.39. The summed E-state index contributed by atoms with van der Waals surface area (Å²) in [6.07, 6.45) is 0. The Labute approximate surface area is 188 Å². The average Bonchev–Trinajstić information content (AvgIpc) is 3.19. The number of hydrogen-bond donors (Lipinski definition) is 0. The minimum Gasteiger partial charge on any atom is -0.302 e. The van der Waals surface area contributed by atoms with Crippen LogP contribution in [0.1, 0.15) is 36.7 Å². The molecular weight excluding hydrogens is 430 g/mol. The lowest BCUT2D eigenvalue weighted by Crippen LogP contribution is -2.39. The molecule has 0 spiro atoms. The lowest BCUT2D eigenvalue weighted by Gasteiger charge is -2.25. The summed E-state index contributed by atoms with van der Waals surface area (Å²) in [4.78, 5) is 22.3. The smallest absolute Gasteiger partial charge is 0.260 e. The first-order valence-electron chi connectivity index (χ1n) is 10.5. The van der Waals surface area contributed by atoms with Crippen LogP contribution in [0.15, 0.2) is 47.4 Å².